The van der Waals surface area contributed by atoms with Crippen molar-refractivity contribution < 1.29 is 13.2 Å². The SMILES string of the molecule is CC[C@H]1COC(C)=CN1S(=O)(=O)c1ccc(C)cc1. The molecule has 104 valence electrons. The van der Waals surface area contributed by atoms with Crippen molar-refractivity contribution in [1.82, 2.24) is 4.31 Å². The van der Waals surface area contributed by atoms with Gasteiger partial charge in [0.2, 0.25) is 0 Å². The summed E-state index contributed by atoms with van der Waals surface area (Å²) in [5, 5.41) is 0. The van der Waals surface area contributed by atoms with Gasteiger partial charge >= 0.3 is 0 Å². The minimum atomic E-state index is -3.50. The van der Waals surface area contributed by atoms with Gasteiger partial charge in [-0.25, -0.2) is 8.42 Å². The molecule has 0 saturated heterocycles. The number of allylic oxidation sites excluding steroid dienone is 1. The summed E-state index contributed by atoms with van der Waals surface area (Å²) in [5.41, 5.74) is 1.04. The smallest absolute Gasteiger partial charge is 0.264 e. The quantitative estimate of drug-likeness (QED) is 0.855. The van der Waals surface area contributed by atoms with Crippen LogP contribution in [0.25, 0.3) is 0 Å². The van der Waals surface area contributed by atoms with E-state index >= 15 is 0 Å². The second-order valence-corrected chi connectivity index (χ2v) is 6.60. The first-order valence-electron chi connectivity index (χ1n) is 6.36. The molecule has 0 aromatic heterocycles. The van der Waals surface area contributed by atoms with Gasteiger partial charge in [0, 0.05) is 0 Å². The molecule has 1 aromatic carbocycles. The van der Waals surface area contributed by atoms with Gasteiger partial charge in [-0.2, -0.15) is 0 Å². The molecule has 1 aliphatic heterocycles. The summed E-state index contributed by atoms with van der Waals surface area (Å²) in [4.78, 5) is 0.322. The van der Waals surface area contributed by atoms with Crippen LogP contribution in [0.15, 0.2) is 41.1 Å². The number of hydrogen-bond acceptors (Lipinski definition) is 3. The predicted octanol–water partition coefficient (Wildman–Crippen LogP) is 2.66. The highest BCUT2D eigenvalue weighted by atomic mass is 32.2. The molecular weight excluding hydrogens is 262 g/mol. The maximum absolute atomic E-state index is 12.6. The average Bonchev–Trinajstić information content (AvgIpc) is 2.39. The van der Waals surface area contributed by atoms with E-state index < -0.39 is 10.0 Å². The zero-order valence-electron chi connectivity index (χ0n) is 11.5. The van der Waals surface area contributed by atoms with Crippen molar-refractivity contribution in [1.29, 1.82) is 0 Å². The summed E-state index contributed by atoms with van der Waals surface area (Å²) in [5.74, 6) is 0.625. The number of hydrogen-bond donors (Lipinski definition) is 0. The molecule has 0 fully saturated rings. The average molecular weight is 281 g/mol. The highest BCUT2D eigenvalue weighted by molar-refractivity contribution is 7.89. The highest BCUT2D eigenvalue weighted by Gasteiger charge is 2.31. The standard InChI is InChI=1S/C14H19NO3S/c1-4-13-10-18-12(3)9-15(13)19(16,17)14-7-5-11(2)6-8-14/h5-9,13H,4,10H2,1-3H3/t13-/m0/s1. The number of ether oxygens (including phenoxy) is 1. The Morgan fingerprint density at radius 1 is 1.26 bits per heavy atom. The third-order valence-corrected chi connectivity index (χ3v) is 5.07. The fraction of sp³-hybridized carbons (Fsp3) is 0.429. The lowest BCUT2D eigenvalue weighted by Gasteiger charge is -2.33. The molecule has 0 spiro atoms. The van der Waals surface area contributed by atoms with Gasteiger partial charge in [0.1, 0.15) is 12.4 Å². The Bertz CT molecular complexity index is 575. The van der Waals surface area contributed by atoms with Crippen LogP contribution in [-0.2, 0) is 14.8 Å². The fourth-order valence-electron chi connectivity index (χ4n) is 2.02. The molecule has 2 rings (SSSR count). The maximum Gasteiger partial charge on any atom is 0.264 e. The van der Waals surface area contributed by atoms with Gasteiger partial charge in [-0.1, -0.05) is 24.6 Å². The van der Waals surface area contributed by atoms with Gasteiger partial charge in [-0.05, 0) is 32.4 Å². The molecule has 0 N–H and O–H groups in total. The van der Waals surface area contributed by atoms with Crippen molar-refractivity contribution in [3.8, 4) is 0 Å². The van der Waals surface area contributed by atoms with Gasteiger partial charge < -0.3 is 4.74 Å². The second-order valence-electron chi connectivity index (χ2n) is 4.76. The van der Waals surface area contributed by atoms with Gasteiger partial charge in [0.15, 0.2) is 0 Å². The van der Waals surface area contributed by atoms with Crippen molar-refractivity contribution in [3.63, 3.8) is 0 Å². The van der Waals surface area contributed by atoms with Gasteiger partial charge in [-0.15, -0.1) is 0 Å². The Kier molecular flexibility index (Phi) is 3.85. The maximum atomic E-state index is 12.6. The minimum Gasteiger partial charge on any atom is -0.494 e. The lowest BCUT2D eigenvalue weighted by molar-refractivity contribution is 0.126. The van der Waals surface area contributed by atoms with Crippen LogP contribution in [0.3, 0.4) is 0 Å². The lowest BCUT2D eigenvalue weighted by Crippen LogP contribution is -2.41. The van der Waals surface area contributed by atoms with Crippen molar-refractivity contribution in [2.75, 3.05) is 6.61 Å². The van der Waals surface area contributed by atoms with Crippen molar-refractivity contribution >= 4 is 10.0 Å². The molecule has 1 aliphatic rings. The van der Waals surface area contributed by atoms with E-state index in [9.17, 15) is 8.42 Å². The number of sulfonamides is 1. The van der Waals surface area contributed by atoms with E-state index in [0.717, 1.165) is 12.0 Å². The lowest BCUT2D eigenvalue weighted by atomic mass is 10.2. The van der Waals surface area contributed by atoms with Crippen LogP contribution in [0.5, 0.6) is 0 Å². The van der Waals surface area contributed by atoms with Crippen molar-refractivity contribution in [3.05, 3.63) is 41.8 Å². The minimum absolute atomic E-state index is 0.144. The Morgan fingerprint density at radius 3 is 2.47 bits per heavy atom. The number of benzene rings is 1. The zero-order chi connectivity index (χ0) is 14.0. The molecule has 0 amide bonds. The van der Waals surface area contributed by atoms with Crippen LogP contribution < -0.4 is 0 Å². The first kappa shape index (κ1) is 13.9. The van der Waals surface area contributed by atoms with Crippen LogP contribution in [0.4, 0.5) is 0 Å². The zero-order valence-corrected chi connectivity index (χ0v) is 12.3. The monoisotopic (exact) mass is 281 g/mol. The largest absolute Gasteiger partial charge is 0.494 e. The number of nitrogens with zero attached hydrogens (tertiary/aromatic N) is 1. The fourth-order valence-corrected chi connectivity index (χ4v) is 3.63. The Hall–Kier alpha value is -1.49. The summed E-state index contributed by atoms with van der Waals surface area (Å²) < 4.78 is 32.1. The van der Waals surface area contributed by atoms with Gasteiger partial charge in [-0.3, -0.25) is 4.31 Å². The van der Waals surface area contributed by atoms with Gasteiger partial charge in [0.25, 0.3) is 10.0 Å². The Labute approximate surface area is 114 Å². The second kappa shape index (κ2) is 5.25. The molecule has 4 nitrogen and oxygen atoms in total. The van der Waals surface area contributed by atoms with E-state index in [1.807, 2.05) is 26.0 Å². The molecular formula is C14H19NO3S. The van der Waals surface area contributed by atoms with Crippen LogP contribution in [0, 0.1) is 6.92 Å². The van der Waals surface area contributed by atoms with E-state index in [-0.39, 0.29) is 6.04 Å². The molecule has 0 saturated carbocycles. The van der Waals surface area contributed by atoms with Crippen LogP contribution in [0.2, 0.25) is 0 Å². The number of aryl methyl sites for hydroxylation is 1. The molecule has 0 bridgehead atoms. The van der Waals surface area contributed by atoms with E-state index in [1.54, 1.807) is 25.3 Å². The van der Waals surface area contributed by atoms with E-state index in [2.05, 4.69) is 0 Å². The van der Waals surface area contributed by atoms with Crippen molar-refractivity contribution in [2.45, 2.75) is 38.1 Å². The van der Waals surface area contributed by atoms with E-state index in [0.29, 0.717) is 17.3 Å². The molecule has 5 heteroatoms. The molecule has 1 heterocycles. The molecule has 1 atom stereocenters. The van der Waals surface area contributed by atoms with Crippen LogP contribution in [0.1, 0.15) is 25.8 Å². The first-order chi connectivity index (χ1) is 8.95. The normalized spacial score (nSPS) is 19.8. The van der Waals surface area contributed by atoms with E-state index in [4.69, 9.17) is 4.74 Å². The third-order valence-electron chi connectivity index (χ3n) is 3.24. The topological polar surface area (TPSA) is 46.6 Å². The van der Waals surface area contributed by atoms with Crippen LogP contribution in [-0.4, -0.2) is 25.4 Å². The molecule has 1 aromatic rings. The third kappa shape index (κ3) is 2.76. The molecule has 0 radical (unpaired) electrons. The van der Waals surface area contributed by atoms with Crippen molar-refractivity contribution in [2.24, 2.45) is 0 Å². The van der Waals surface area contributed by atoms with Crippen LogP contribution >= 0.6 is 0 Å². The summed E-state index contributed by atoms with van der Waals surface area (Å²) in [6.07, 6.45) is 2.29. The first-order valence-corrected chi connectivity index (χ1v) is 7.80. The molecule has 0 unspecified atom stereocenters. The summed E-state index contributed by atoms with van der Waals surface area (Å²) in [6.45, 7) is 6.07. The summed E-state index contributed by atoms with van der Waals surface area (Å²) in [6, 6.07) is 6.77. The Morgan fingerprint density at radius 2 is 1.89 bits per heavy atom. The van der Waals surface area contributed by atoms with Gasteiger partial charge in [0.05, 0.1) is 17.1 Å². The predicted molar refractivity (Wildman–Crippen MR) is 74.0 cm³/mol. The Balaban J connectivity index is 2.42. The number of rotatable bonds is 3. The summed E-state index contributed by atoms with van der Waals surface area (Å²) >= 11 is 0. The summed E-state index contributed by atoms with van der Waals surface area (Å²) in [7, 11) is -3.50. The highest BCUT2D eigenvalue weighted by Crippen LogP contribution is 2.25. The molecule has 19 heavy (non-hydrogen) atoms. The van der Waals surface area contributed by atoms with E-state index in [1.165, 1.54) is 4.31 Å². The molecule has 0 aliphatic carbocycles.